The maximum Gasteiger partial charge on any atom is 0.353 e. The Balaban J connectivity index is 1.83. The van der Waals surface area contributed by atoms with Crippen LogP contribution in [-0.4, -0.2) is 28.7 Å². The van der Waals surface area contributed by atoms with Gasteiger partial charge in [-0.1, -0.05) is 30.3 Å². The van der Waals surface area contributed by atoms with E-state index in [1.807, 2.05) is 30.3 Å². The molecule has 5 rings (SSSR count). The van der Waals surface area contributed by atoms with Gasteiger partial charge >= 0.3 is 5.69 Å². The van der Waals surface area contributed by atoms with Gasteiger partial charge in [0.1, 0.15) is 5.82 Å². The number of anilines is 1. The van der Waals surface area contributed by atoms with Gasteiger partial charge < -0.3 is 10.3 Å². The van der Waals surface area contributed by atoms with E-state index < -0.39 is 11.5 Å². The normalized spacial score (nSPS) is 11.2. The van der Waals surface area contributed by atoms with Gasteiger partial charge in [-0.15, -0.1) is 5.10 Å². The summed E-state index contributed by atoms with van der Waals surface area (Å²) in [5.41, 5.74) is 8.12. The molecule has 2 N–H and O–H groups in total. The highest BCUT2D eigenvalue weighted by Gasteiger charge is 2.22. The molecule has 164 valence electrons. The molecule has 0 spiro atoms. The van der Waals surface area contributed by atoms with Gasteiger partial charge in [-0.05, 0) is 18.2 Å². The molecule has 0 atom stereocenters. The predicted molar refractivity (Wildman–Crippen MR) is 121 cm³/mol. The Morgan fingerprint density at radius 3 is 2.52 bits per heavy atom. The minimum atomic E-state index is -0.578. The summed E-state index contributed by atoms with van der Waals surface area (Å²) < 4.78 is 17.9. The molecule has 4 aromatic heterocycles. The molecule has 33 heavy (non-hydrogen) atoms. The van der Waals surface area contributed by atoms with Crippen molar-refractivity contribution < 1.29 is 4.39 Å². The number of fused-ring (bicyclic) bond motifs is 1. The lowest BCUT2D eigenvalue weighted by molar-refractivity contribution is 0.564. The number of pyridine rings is 2. The second kappa shape index (κ2) is 7.83. The van der Waals surface area contributed by atoms with Crippen LogP contribution in [0, 0.1) is 5.82 Å². The molecule has 0 aliphatic carbocycles. The monoisotopic (exact) mass is 443 g/mol. The number of hydrogen-bond acceptors (Lipinski definition) is 6. The van der Waals surface area contributed by atoms with E-state index in [1.165, 1.54) is 33.4 Å². The SMILES string of the molecule is Cn1cc(-c2c(-c3ccccc3)nc(N)n3c(=O)n(Cc4ncccc4F)nc23)ccc1=O. The Bertz CT molecular complexity index is 1620. The number of rotatable bonds is 4. The Kier molecular flexibility index (Phi) is 4.82. The van der Waals surface area contributed by atoms with E-state index in [2.05, 4.69) is 15.1 Å². The molecular formula is C23H18FN7O2. The fourth-order valence-corrected chi connectivity index (χ4v) is 3.69. The topological polar surface area (TPSA) is 113 Å². The van der Waals surface area contributed by atoms with Crippen LogP contribution in [0.5, 0.6) is 0 Å². The van der Waals surface area contributed by atoms with E-state index in [0.717, 1.165) is 10.2 Å². The fraction of sp³-hybridized carbons (Fsp3) is 0.0870. The van der Waals surface area contributed by atoms with Crippen LogP contribution in [0.15, 0.2) is 76.6 Å². The second-order valence-electron chi connectivity index (χ2n) is 7.46. The first-order valence-electron chi connectivity index (χ1n) is 10.0. The van der Waals surface area contributed by atoms with E-state index in [0.29, 0.717) is 16.8 Å². The molecule has 0 fully saturated rings. The lowest BCUT2D eigenvalue weighted by Crippen LogP contribution is -2.24. The van der Waals surface area contributed by atoms with Crippen molar-refractivity contribution in [2.24, 2.45) is 7.05 Å². The highest BCUT2D eigenvalue weighted by atomic mass is 19.1. The number of nitrogens with two attached hydrogens (primary N) is 1. The highest BCUT2D eigenvalue weighted by Crippen LogP contribution is 2.33. The smallest absolute Gasteiger partial charge is 0.353 e. The third kappa shape index (κ3) is 3.47. The average molecular weight is 443 g/mol. The van der Waals surface area contributed by atoms with Gasteiger partial charge in [0.25, 0.3) is 0 Å². The molecule has 0 bridgehead atoms. The Morgan fingerprint density at radius 2 is 1.79 bits per heavy atom. The first kappa shape index (κ1) is 20.3. The van der Waals surface area contributed by atoms with Gasteiger partial charge in [-0.2, -0.15) is 0 Å². The molecule has 9 nitrogen and oxygen atoms in total. The van der Waals surface area contributed by atoms with E-state index in [4.69, 9.17) is 5.73 Å². The minimum absolute atomic E-state index is 0.0600. The van der Waals surface area contributed by atoms with E-state index >= 15 is 0 Å². The number of nitrogen functional groups attached to an aromatic ring is 1. The van der Waals surface area contributed by atoms with Crippen molar-refractivity contribution in [2.75, 3.05) is 5.73 Å². The summed E-state index contributed by atoms with van der Waals surface area (Å²) in [6.45, 7) is -0.181. The lowest BCUT2D eigenvalue weighted by Gasteiger charge is -2.12. The quantitative estimate of drug-likeness (QED) is 0.455. The summed E-state index contributed by atoms with van der Waals surface area (Å²) in [6, 6.07) is 15.1. The minimum Gasteiger partial charge on any atom is -0.369 e. The zero-order valence-corrected chi connectivity index (χ0v) is 17.5. The van der Waals surface area contributed by atoms with Crippen LogP contribution < -0.4 is 17.0 Å². The van der Waals surface area contributed by atoms with Crippen molar-refractivity contribution in [2.45, 2.75) is 6.54 Å². The number of aryl methyl sites for hydroxylation is 1. The molecule has 1 aromatic carbocycles. The molecule has 0 saturated carbocycles. The summed E-state index contributed by atoms with van der Waals surface area (Å²) >= 11 is 0. The first-order chi connectivity index (χ1) is 15.9. The molecule has 10 heteroatoms. The summed E-state index contributed by atoms with van der Waals surface area (Å²) in [7, 11) is 1.63. The van der Waals surface area contributed by atoms with Gasteiger partial charge in [0, 0.05) is 36.6 Å². The number of aromatic nitrogens is 6. The molecule has 0 aliphatic rings. The molecular weight excluding hydrogens is 425 g/mol. The Hall–Kier alpha value is -4.60. The van der Waals surface area contributed by atoms with Crippen LogP contribution in [-0.2, 0) is 13.6 Å². The number of hydrogen-bond donors (Lipinski definition) is 1. The van der Waals surface area contributed by atoms with Crippen LogP contribution in [0.25, 0.3) is 28.0 Å². The Morgan fingerprint density at radius 1 is 1.00 bits per heavy atom. The third-order valence-corrected chi connectivity index (χ3v) is 5.31. The second-order valence-corrected chi connectivity index (χ2v) is 7.46. The van der Waals surface area contributed by atoms with Gasteiger partial charge in [0.15, 0.2) is 5.65 Å². The fourth-order valence-electron chi connectivity index (χ4n) is 3.69. The van der Waals surface area contributed by atoms with Crippen molar-refractivity contribution in [1.82, 2.24) is 28.7 Å². The summed E-state index contributed by atoms with van der Waals surface area (Å²) in [5.74, 6) is -0.606. The summed E-state index contributed by atoms with van der Waals surface area (Å²) in [4.78, 5) is 33.6. The molecule has 0 radical (unpaired) electrons. The zero-order valence-electron chi connectivity index (χ0n) is 17.5. The van der Waals surface area contributed by atoms with Crippen LogP contribution in [0.1, 0.15) is 5.69 Å². The highest BCUT2D eigenvalue weighted by molar-refractivity contribution is 5.90. The van der Waals surface area contributed by atoms with Crippen molar-refractivity contribution in [3.05, 3.63) is 99.3 Å². The molecule has 0 saturated heterocycles. The van der Waals surface area contributed by atoms with Gasteiger partial charge in [0.05, 0.1) is 23.5 Å². The lowest BCUT2D eigenvalue weighted by atomic mass is 10.0. The van der Waals surface area contributed by atoms with Crippen LogP contribution in [0.3, 0.4) is 0 Å². The molecule has 5 aromatic rings. The maximum atomic E-state index is 14.2. The third-order valence-electron chi connectivity index (χ3n) is 5.31. The van der Waals surface area contributed by atoms with E-state index in [9.17, 15) is 14.0 Å². The van der Waals surface area contributed by atoms with Gasteiger partial charge in [0.2, 0.25) is 11.5 Å². The van der Waals surface area contributed by atoms with Crippen LogP contribution >= 0.6 is 0 Å². The molecule has 4 heterocycles. The molecule has 0 unspecified atom stereocenters. The average Bonchev–Trinajstić information content (AvgIpc) is 3.14. The molecule has 0 amide bonds. The molecule has 0 aliphatic heterocycles. The van der Waals surface area contributed by atoms with E-state index in [1.54, 1.807) is 19.3 Å². The van der Waals surface area contributed by atoms with E-state index in [-0.39, 0.29) is 29.4 Å². The van der Waals surface area contributed by atoms with Crippen LogP contribution in [0.2, 0.25) is 0 Å². The number of nitrogens with zero attached hydrogens (tertiary/aromatic N) is 6. The summed E-state index contributed by atoms with van der Waals surface area (Å²) in [5, 5.41) is 4.48. The zero-order chi connectivity index (χ0) is 23.1. The summed E-state index contributed by atoms with van der Waals surface area (Å²) in [6.07, 6.45) is 3.09. The predicted octanol–water partition coefficient (Wildman–Crippen LogP) is 2.09. The van der Waals surface area contributed by atoms with Crippen molar-refractivity contribution >= 4 is 11.6 Å². The van der Waals surface area contributed by atoms with Gasteiger partial charge in [-0.3, -0.25) is 9.78 Å². The largest absolute Gasteiger partial charge is 0.369 e. The van der Waals surface area contributed by atoms with Crippen molar-refractivity contribution in [3.63, 3.8) is 0 Å². The number of benzene rings is 1. The van der Waals surface area contributed by atoms with Gasteiger partial charge in [-0.25, -0.2) is 23.3 Å². The van der Waals surface area contributed by atoms with Crippen molar-refractivity contribution in [3.8, 4) is 22.4 Å². The number of halogens is 1. The standard InChI is InChI=1S/C23H18FN7O2/c1-29-12-15(9-10-18(29)32)19-20(14-6-3-2-4-7-14)27-22(25)31-21(19)28-30(23(31)33)13-17-16(24)8-5-11-26-17/h2-12H,13H2,1H3,(H2,25,27). The maximum absolute atomic E-state index is 14.2. The first-order valence-corrected chi connectivity index (χ1v) is 10.0. The Labute approximate surface area is 186 Å². The van der Waals surface area contributed by atoms with Crippen molar-refractivity contribution in [1.29, 1.82) is 0 Å². The van der Waals surface area contributed by atoms with Crippen LogP contribution in [0.4, 0.5) is 10.3 Å².